The molecule has 2 atom stereocenters. The van der Waals surface area contributed by atoms with E-state index in [0.29, 0.717) is 30.8 Å². The first kappa shape index (κ1) is 22.0. The second-order valence-electron chi connectivity index (χ2n) is 8.86. The molecule has 2 aliphatic heterocycles. The molecule has 0 saturated carbocycles. The van der Waals surface area contributed by atoms with Gasteiger partial charge in [0.1, 0.15) is 0 Å². The third-order valence-electron chi connectivity index (χ3n) is 6.65. The van der Waals surface area contributed by atoms with Crippen molar-refractivity contribution in [2.45, 2.75) is 25.1 Å². The zero-order valence-corrected chi connectivity index (χ0v) is 18.0. The second kappa shape index (κ2) is 8.17. The normalized spacial score (nSPS) is 19.3. The third kappa shape index (κ3) is 3.87. The van der Waals surface area contributed by atoms with Gasteiger partial charge in [0.15, 0.2) is 0 Å². The molecule has 3 aromatic rings. The van der Waals surface area contributed by atoms with Crippen molar-refractivity contribution in [1.82, 2.24) is 9.47 Å². The van der Waals surface area contributed by atoms with Crippen LogP contribution in [0, 0.1) is 17.2 Å². The minimum Gasteiger partial charge on any atom is -0.338 e. The number of alkyl halides is 3. The SMILES string of the molecule is N#Cc1ccc(C(=O)N2C[C@@H]3C[C@H](C2)c2ccc(-c4cccc(C(F)(F)F)c4)c(=O)n2C3)cc1. The molecule has 0 N–H and O–H groups in total. The molecule has 1 fully saturated rings. The van der Waals surface area contributed by atoms with Crippen molar-refractivity contribution in [3.8, 4) is 17.2 Å². The summed E-state index contributed by atoms with van der Waals surface area (Å²) in [6.45, 7) is 1.36. The molecule has 0 spiro atoms. The van der Waals surface area contributed by atoms with Crippen LogP contribution in [0.1, 0.15) is 39.5 Å². The van der Waals surface area contributed by atoms with Crippen molar-refractivity contribution >= 4 is 5.91 Å². The first-order valence-electron chi connectivity index (χ1n) is 11.0. The van der Waals surface area contributed by atoms with Gasteiger partial charge in [-0.1, -0.05) is 12.1 Å². The molecule has 8 heteroatoms. The minimum atomic E-state index is -4.48. The molecular weight excluding hydrogens is 443 g/mol. The minimum absolute atomic E-state index is 0.0295. The zero-order valence-electron chi connectivity index (χ0n) is 18.0. The van der Waals surface area contributed by atoms with E-state index < -0.39 is 11.7 Å². The van der Waals surface area contributed by atoms with Crippen molar-refractivity contribution in [3.05, 3.63) is 93.4 Å². The molecule has 5 nitrogen and oxygen atoms in total. The van der Waals surface area contributed by atoms with Gasteiger partial charge in [-0.05, 0) is 66.4 Å². The number of likely N-dealkylation sites (tertiary alicyclic amines) is 1. The lowest BCUT2D eigenvalue weighted by molar-refractivity contribution is -0.137. The van der Waals surface area contributed by atoms with Crippen molar-refractivity contribution in [2.24, 2.45) is 5.92 Å². The monoisotopic (exact) mass is 463 g/mol. The van der Waals surface area contributed by atoms with E-state index in [4.69, 9.17) is 5.26 Å². The summed E-state index contributed by atoms with van der Waals surface area (Å²) < 4.78 is 41.1. The summed E-state index contributed by atoms with van der Waals surface area (Å²) in [5.41, 5.74) is 1.17. The number of hydrogen-bond donors (Lipinski definition) is 0. The molecule has 0 aliphatic carbocycles. The predicted molar refractivity (Wildman–Crippen MR) is 119 cm³/mol. The summed E-state index contributed by atoms with van der Waals surface area (Å²) in [6, 6.07) is 16.8. The predicted octanol–water partition coefficient (Wildman–Crippen LogP) is 4.67. The summed E-state index contributed by atoms with van der Waals surface area (Å²) in [7, 11) is 0. The Bertz CT molecular complexity index is 1370. The fraction of sp³-hybridized carbons (Fsp3) is 0.269. The van der Waals surface area contributed by atoms with E-state index in [0.717, 1.165) is 24.2 Å². The number of carbonyl (C=O) groups is 1. The van der Waals surface area contributed by atoms with Crippen molar-refractivity contribution in [2.75, 3.05) is 13.1 Å². The zero-order chi connectivity index (χ0) is 24.0. The van der Waals surface area contributed by atoms with Crippen LogP contribution in [0.25, 0.3) is 11.1 Å². The number of carbonyl (C=O) groups excluding carboxylic acids is 1. The number of hydrogen-bond acceptors (Lipinski definition) is 3. The second-order valence-corrected chi connectivity index (χ2v) is 8.86. The average molecular weight is 463 g/mol. The maximum Gasteiger partial charge on any atom is 0.416 e. The lowest BCUT2D eigenvalue weighted by Crippen LogP contribution is -2.49. The van der Waals surface area contributed by atoms with Crippen molar-refractivity contribution < 1.29 is 18.0 Å². The van der Waals surface area contributed by atoms with Gasteiger partial charge in [-0.25, -0.2) is 0 Å². The number of halogens is 3. The van der Waals surface area contributed by atoms with Crippen LogP contribution < -0.4 is 5.56 Å². The van der Waals surface area contributed by atoms with E-state index in [1.165, 1.54) is 12.1 Å². The van der Waals surface area contributed by atoms with Crippen LogP contribution >= 0.6 is 0 Å². The first-order valence-corrected chi connectivity index (χ1v) is 11.0. The molecule has 1 saturated heterocycles. The van der Waals surface area contributed by atoms with Gasteiger partial charge < -0.3 is 9.47 Å². The molecule has 3 heterocycles. The lowest BCUT2D eigenvalue weighted by Gasteiger charge is -2.43. The van der Waals surface area contributed by atoms with Gasteiger partial charge in [-0.2, -0.15) is 18.4 Å². The highest BCUT2D eigenvalue weighted by molar-refractivity contribution is 5.94. The third-order valence-corrected chi connectivity index (χ3v) is 6.65. The highest BCUT2D eigenvalue weighted by Gasteiger charge is 2.37. The molecule has 1 aromatic heterocycles. The molecule has 5 rings (SSSR count). The molecule has 34 heavy (non-hydrogen) atoms. The number of amides is 1. The van der Waals surface area contributed by atoms with Crippen LogP contribution in [-0.4, -0.2) is 28.5 Å². The fourth-order valence-corrected chi connectivity index (χ4v) is 5.06. The van der Waals surface area contributed by atoms with E-state index in [9.17, 15) is 22.8 Å². The number of aromatic nitrogens is 1. The molecule has 172 valence electrons. The van der Waals surface area contributed by atoms with Gasteiger partial charge in [0.05, 0.1) is 17.2 Å². The molecule has 2 bridgehead atoms. The van der Waals surface area contributed by atoms with Crippen LogP contribution in [0.3, 0.4) is 0 Å². The van der Waals surface area contributed by atoms with Crippen LogP contribution in [0.2, 0.25) is 0 Å². The number of fused-ring (bicyclic) bond motifs is 4. The summed E-state index contributed by atoms with van der Waals surface area (Å²) in [5.74, 6) is -0.0725. The van der Waals surface area contributed by atoms with E-state index in [-0.39, 0.29) is 34.4 Å². The smallest absolute Gasteiger partial charge is 0.338 e. The maximum absolute atomic E-state index is 13.3. The highest BCUT2D eigenvalue weighted by Crippen LogP contribution is 2.37. The van der Waals surface area contributed by atoms with Crippen molar-refractivity contribution in [3.63, 3.8) is 0 Å². The molecule has 2 aliphatic rings. The average Bonchev–Trinajstić information content (AvgIpc) is 2.84. The number of benzene rings is 2. The maximum atomic E-state index is 13.3. The summed E-state index contributed by atoms with van der Waals surface area (Å²) in [4.78, 5) is 28.1. The number of piperidine rings is 1. The molecule has 1 amide bonds. The highest BCUT2D eigenvalue weighted by atomic mass is 19.4. The first-order chi connectivity index (χ1) is 16.2. The summed E-state index contributed by atoms with van der Waals surface area (Å²) in [6.07, 6.45) is -3.64. The largest absolute Gasteiger partial charge is 0.416 e. The summed E-state index contributed by atoms with van der Waals surface area (Å²) in [5, 5.41) is 8.96. The van der Waals surface area contributed by atoms with E-state index in [1.807, 2.05) is 6.07 Å². The van der Waals surface area contributed by atoms with Gasteiger partial charge in [0.2, 0.25) is 0 Å². The van der Waals surface area contributed by atoms with Crippen LogP contribution in [0.15, 0.2) is 65.5 Å². The number of rotatable bonds is 2. The van der Waals surface area contributed by atoms with Gasteiger partial charge in [-0.3, -0.25) is 9.59 Å². The van der Waals surface area contributed by atoms with Gasteiger partial charge in [0.25, 0.3) is 11.5 Å². The number of pyridine rings is 1. The Hall–Kier alpha value is -3.86. The summed E-state index contributed by atoms with van der Waals surface area (Å²) >= 11 is 0. The van der Waals surface area contributed by atoms with Gasteiger partial charge >= 0.3 is 6.18 Å². The van der Waals surface area contributed by atoms with Crippen LogP contribution in [0.4, 0.5) is 13.2 Å². The topological polar surface area (TPSA) is 66.1 Å². The van der Waals surface area contributed by atoms with Crippen LogP contribution in [-0.2, 0) is 12.7 Å². The molecule has 2 aromatic carbocycles. The Morgan fingerprint density at radius 3 is 2.47 bits per heavy atom. The Morgan fingerprint density at radius 2 is 1.76 bits per heavy atom. The van der Waals surface area contributed by atoms with E-state index in [1.54, 1.807) is 45.9 Å². The van der Waals surface area contributed by atoms with Gasteiger partial charge in [-0.15, -0.1) is 0 Å². The number of nitriles is 1. The lowest BCUT2D eigenvalue weighted by atomic mass is 9.82. The van der Waals surface area contributed by atoms with E-state index in [2.05, 4.69) is 0 Å². The standard InChI is InChI=1S/C26H20F3N3O2/c27-26(28,29)21-3-1-2-19(11-21)22-8-9-23-20-10-17(14-32(23)25(22)34)13-31(15-20)24(33)18-6-4-16(12-30)5-7-18/h1-9,11,17,20H,10,13-15H2/t17-,20+/m0/s1. The quantitative estimate of drug-likeness (QED) is 0.555. The number of nitrogens with zero attached hydrogens (tertiary/aromatic N) is 3. The Labute approximate surface area is 193 Å². The van der Waals surface area contributed by atoms with E-state index >= 15 is 0 Å². The Morgan fingerprint density at radius 1 is 1.00 bits per heavy atom. The molecular formula is C26H20F3N3O2. The molecule has 0 unspecified atom stereocenters. The Kier molecular flexibility index (Phi) is 5.28. The van der Waals surface area contributed by atoms with Crippen LogP contribution in [0.5, 0.6) is 0 Å². The molecule has 0 radical (unpaired) electrons. The van der Waals surface area contributed by atoms with Gasteiger partial charge in [0, 0.05) is 42.4 Å². The fourth-order valence-electron chi connectivity index (χ4n) is 5.06. The van der Waals surface area contributed by atoms with Crippen molar-refractivity contribution in [1.29, 1.82) is 5.26 Å². The Balaban J connectivity index is 1.44.